The minimum atomic E-state index is 0.454. The fourth-order valence-electron chi connectivity index (χ4n) is 1.52. The Morgan fingerprint density at radius 1 is 1.25 bits per heavy atom. The van der Waals surface area contributed by atoms with Crippen LogP contribution >= 0.6 is 0 Å². The molecule has 0 aromatic carbocycles. The van der Waals surface area contributed by atoms with Crippen molar-refractivity contribution in [3.8, 4) is 0 Å². The smallest absolute Gasteiger partial charge is 0.170 e. The molecule has 1 heterocycles. The zero-order valence-electron chi connectivity index (χ0n) is 6.79. The van der Waals surface area contributed by atoms with Gasteiger partial charge in [-0.3, -0.25) is 9.78 Å². The van der Waals surface area contributed by atoms with Crippen LogP contribution in [0.3, 0.4) is 0 Å². The van der Waals surface area contributed by atoms with Gasteiger partial charge in [0.1, 0.15) is 5.69 Å². The normalized spacial score (nSPS) is 15.3. The van der Waals surface area contributed by atoms with E-state index in [1.165, 1.54) is 12.8 Å². The maximum atomic E-state index is 10.4. The van der Waals surface area contributed by atoms with E-state index < -0.39 is 0 Å². The first kappa shape index (κ1) is 7.40. The summed E-state index contributed by atoms with van der Waals surface area (Å²) < 4.78 is 0. The fourth-order valence-corrected chi connectivity index (χ4v) is 1.52. The predicted molar refractivity (Wildman–Crippen MR) is 44.1 cm³/mol. The number of aldehydes is 1. The van der Waals surface area contributed by atoms with Crippen molar-refractivity contribution >= 4 is 6.29 Å². The molecule has 0 radical (unpaired) electrons. The Bertz CT molecular complexity index is 309. The number of rotatable bonds is 1. The maximum absolute atomic E-state index is 10.4. The summed E-state index contributed by atoms with van der Waals surface area (Å²) in [7, 11) is 0. The summed E-state index contributed by atoms with van der Waals surface area (Å²) in [6.45, 7) is 0. The number of fused-ring (bicyclic) bond motifs is 1. The summed E-state index contributed by atoms with van der Waals surface area (Å²) in [5, 5.41) is 0. The van der Waals surface area contributed by atoms with E-state index in [4.69, 9.17) is 0 Å². The van der Waals surface area contributed by atoms with E-state index in [1.54, 1.807) is 6.20 Å². The van der Waals surface area contributed by atoms with Crippen molar-refractivity contribution in [2.45, 2.75) is 25.7 Å². The zero-order chi connectivity index (χ0) is 8.39. The van der Waals surface area contributed by atoms with Crippen molar-refractivity contribution in [3.05, 3.63) is 23.3 Å². The van der Waals surface area contributed by atoms with Crippen molar-refractivity contribution in [1.29, 1.82) is 0 Å². The molecule has 0 atom stereocenters. The fraction of sp³-hybridized carbons (Fsp3) is 0.444. The first-order valence-electron chi connectivity index (χ1n) is 4.20. The van der Waals surface area contributed by atoms with Gasteiger partial charge in [0.2, 0.25) is 0 Å². The van der Waals surface area contributed by atoms with Crippen LogP contribution < -0.4 is 0 Å². The molecule has 0 amide bonds. The molecule has 0 N–H and O–H groups in total. The van der Waals surface area contributed by atoms with Crippen molar-refractivity contribution in [3.63, 3.8) is 0 Å². The van der Waals surface area contributed by atoms with Crippen LogP contribution in [-0.2, 0) is 12.8 Å². The standard InChI is InChI=1S/C9H10N2O/c12-6-7-5-10-8-3-1-2-4-9(8)11-7/h5-6H,1-4H2. The molecule has 3 heteroatoms. The molecule has 2 rings (SSSR count). The minimum absolute atomic E-state index is 0.454. The van der Waals surface area contributed by atoms with Gasteiger partial charge in [-0.25, -0.2) is 4.98 Å². The molecule has 0 bridgehead atoms. The molecule has 0 spiro atoms. The maximum Gasteiger partial charge on any atom is 0.170 e. The third-order valence-corrected chi connectivity index (χ3v) is 2.15. The molecule has 0 saturated heterocycles. The van der Waals surface area contributed by atoms with E-state index in [0.717, 1.165) is 30.5 Å². The van der Waals surface area contributed by atoms with Crippen LogP contribution in [0.2, 0.25) is 0 Å². The molecule has 0 unspecified atom stereocenters. The van der Waals surface area contributed by atoms with Gasteiger partial charge in [0, 0.05) is 0 Å². The molecule has 3 nitrogen and oxygen atoms in total. The number of nitrogens with zero attached hydrogens (tertiary/aromatic N) is 2. The number of hydrogen-bond donors (Lipinski definition) is 0. The van der Waals surface area contributed by atoms with E-state index in [2.05, 4.69) is 9.97 Å². The highest BCUT2D eigenvalue weighted by Gasteiger charge is 2.11. The first-order valence-corrected chi connectivity index (χ1v) is 4.20. The molecule has 0 aliphatic heterocycles. The van der Waals surface area contributed by atoms with Crippen molar-refractivity contribution < 1.29 is 4.79 Å². The summed E-state index contributed by atoms with van der Waals surface area (Å²) in [5.41, 5.74) is 2.55. The zero-order valence-corrected chi connectivity index (χ0v) is 6.79. The molecule has 0 fully saturated rings. The van der Waals surface area contributed by atoms with Gasteiger partial charge in [-0.15, -0.1) is 0 Å². The molecule has 1 aromatic rings. The van der Waals surface area contributed by atoms with Crippen LogP contribution in [0.15, 0.2) is 6.20 Å². The summed E-state index contributed by atoms with van der Waals surface area (Å²) >= 11 is 0. The lowest BCUT2D eigenvalue weighted by atomic mass is 10.0. The summed E-state index contributed by atoms with van der Waals surface area (Å²) in [5.74, 6) is 0. The molecule has 0 saturated carbocycles. The average molecular weight is 162 g/mol. The van der Waals surface area contributed by atoms with Crippen LogP contribution in [0.25, 0.3) is 0 Å². The third-order valence-electron chi connectivity index (χ3n) is 2.15. The Labute approximate surface area is 70.9 Å². The van der Waals surface area contributed by atoms with Gasteiger partial charge < -0.3 is 0 Å². The van der Waals surface area contributed by atoms with Crippen molar-refractivity contribution in [1.82, 2.24) is 9.97 Å². The number of carbonyl (C=O) groups is 1. The SMILES string of the molecule is O=Cc1cnc2c(n1)CCCC2. The lowest BCUT2D eigenvalue weighted by Crippen LogP contribution is -2.09. The van der Waals surface area contributed by atoms with E-state index in [1.807, 2.05) is 0 Å². The Morgan fingerprint density at radius 2 is 2.00 bits per heavy atom. The first-order chi connectivity index (χ1) is 5.90. The highest BCUT2D eigenvalue weighted by Crippen LogP contribution is 2.16. The quantitative estimate of drug-likeness (QED) is 0.582. The highest BCUT2D eigenvalue weighted by atomic mass is 16.1. The average Bonchev–Trinajstić information content (AvgIpc) is 2.17. The molecule has 1 aromatic heterocycles. The van der Waals surface area contributed by atoms with E-state index in [9.17, 15) is 4.79 Å². The molecule has 1 aliphatic carbocycles. The van der Waals surface area contributed by atoms with Crippen molar-refractivity contribution in [2.75, 3.05) is 0 Å². The predicted octanol–water partition coefficient (Wildman–Crippen LogP) is 1.17. The second-order valence-corrected chi connectivity index (χ2v) is 3.01. The van der Waals surface area contributed by atoms with E-state index in [-0.39, 0.29) is 0 Å². The van der Waals surface area contributed by atoms with Crippen LogP contribution in [-0.4, -0.2) is 16.3 Å². The van der Waals surface area contributed by atoms with Crippen LogP contribution in [0.1, 0.15) is 34.7 Å². The van der Waals surface area contributed by atoms with E-state index in [0.29, 0.717) is 5.69 Å². The topological polar surface area (TPSA) is 42.9 Å². The Morgan fingerprint density at radius 3 is 2.75 bits per heavy atom. The molecule has 62 valence electrons. The summed E-state index contributed by atoms with van der Waals surface area (Å²) in [6.07, 6.45) is 6.66. The Balaban J connectivity index is 2.42. The number of aromatic nitrogens is 2. The number of hydrogen-bond acceptors (Lipinski definition) is 3. The van der Waals surface area contributed by atoms with Gasteiger partial charge in [-0.05, 0) is 25.7 Å². The Hall–Kier alpha value is -1.25. The van der Waals surface area contributed by atoms with Crippen LogP contribution in [0, 0.1) is 0 Å². The minimum Gasteiger partial charge on any atom is -0.296 e. The summed E-state index contributed by atoms with van der Waals surface area (Å²) in [4.78, 5) is 18.8. The number of carbonyl (C=O) groups excluding carboxylic acids is 1. The third kappa shape index (κ3) is 1.22. The van der Waals surface area contributed by atoms with Crippen LogP contribution in [0.5, 0.6) is 0 Å². The lowest BCUT2D eigenvalue weighted by Gasteiger charge is -2.12. The summed E-state index contributed by atoms with van der Waals surface area (Å²) in [6, 6.07) is 0. The molecule has 12 heavy (non-hydrogen) atoms. The second kappa shape index (κ2) is 3.01. The largest absolute Gasteiger partial charge is 0.296 e. The van der Waals surface area contributed by atoms with Gasteiger partial charge in [-0.1, -0.05) is 0 Å². The molecular weight excluding hydrogens is 152 g/mol. The van der Waals surface area contributed by atoms with Gasteiger partial charge in [0.05, 0.1) is 17.6 Å². The second-order valence-electron chi connectivity index (χ2n) is 3.01. The van der Waals surface area contributed by atoms with Gasteiger partial charge in [0.25, 0.3) is 0 Å². The molecular formula is C9H10N2O. The van der Waals surface area contributed by atoms with Crippen molar-refractivity contribution in [2.24, 2.45) is 0 Å². The van der Waals surface area contributed by atoms with Gasteiger partial charge in [0.15, 0.2) is 6.29 Å². The van der Waals surface area contributed by atoms with Gasteiger partial charge in [-0.2, -0.15) is 0 Å². The van der Waals surface area contributed by atoms with Crippen LogP contribution in [0.4, 0.5) is 0 Å². The van der Waals surface area contributed by atoms with Gasteiger partial charge >= 0.3 is 0 Å². The number of aryl methyl sites for hydroxylation is 2. The highest BCUT2D eigenvalue weighted by molar-refractivity contribution is 5.71. The lowest BCUT2D eigenvalue weighted by molar-refractivity contribution is 0.111. The Kier molecular flexibility index (Phi) is 1.86. The molecule has 1 aliphatic rings. The van der Waals surface area contributed by atoms with E-state index >= 15 is 0 Å². The monoisotopic (exact) mass is 162 g/mol.